The van der Waals surface area contributed by atoms with Crippen LogP contribution in [0.2, 0.25) is 0 Å². The fraction of sp³-hybridized carbons (Fsp3) is 0.478. The summed E-state index contributed by atoms with van der Waals surface area (Å²) in [5, 5.41) is 6.65. The molecular formula is C23H31N3O. The molecule has 1 fully saturated rings. The number of benzene rings is 1. The maximum Gasteiger partial charge on any atom is 0.220 e. The van der Waals surface area contributed by atoms with Crippen LogP contribution in [-0.2, 0) is 11.2 Å². The second-order valence-corrected chi connectivity index (χ2v) is 7.83. The first-order valence-corrected chi connectivity index (χ1v) is 10.1. The topological polar surface area (TPSA) is 54.0 Å². The molecular weight excluding hydrogens is 334 g/mol. The quantitative estimate of drug-likeness (QED) is 0.784. The van der Waals surface area contributed by atoms with Crippen LogP contribution in [0.25, 0.3) is 0 Å². The van der Waals surface area contributed by atoms with Crippen molar-refractivity contribution in [1.82, 2.24) is 15.6 Å². The minimum atomic E-state index is -0.0957. The summed E-state index contributed by atoms with van der Waals surface area (Å²) < 4.78 is 0. The molecule has 4 heteroatoms. The lowest BCUT2D eigenvalue weighted by molar-refractivity contribution is -0.123. The summed E-state index contributed by atoms with van der Waals surface area (Å²) in [4.78, 5) is 17.3. The summed E-state index contributed by atoms with van der Waals surface area (Å²) >= 11 is 0. The molecule has 2 heterocycles. The van der Waals surface area contributed by atoms with Crippen molar-refractivity contribution < 1.29 is 4.79 Å². The van der Waals surface area contributed by atoms with E-state index in [2.05, 4.69) is 53.7 Å². The standard InChI is InChI=1S/C23H31N3O/c1-17-6-8-19(9-7-17)16-22(21-5-3-4-12-25-21)26-23(27)15-18(2)20-10-13-24-14-11-20/h3-9,12,18,20,22,24H,10-11,13-16H2,1-2H3,(H,26,27). The summed E-state index contributed by atoms with van der Waals surface area (Å²) in [6.45, 7) is 6.44. The van der Waals surface area contributed by atoms with E-state index < -0.39 is 0 Å². The summed E-state index contributed by atoms with van der Waals surface area (Å²) in [5.74, 6) is 1.18. The van der Waals surface area contributed by atoms with Crippen LogP contribution < -0.4 is 10.6 Å². The Morgan fingerprint density at radius 1 is 1.19 bits per heavy atom. The minimum absolute atomic E-state index is 0.0957. The van der Waals surface area contributed by atoms with E-state index in [4.69, 9.17) is 0 Å². The third-order valence-electron chi connectivity index (χ3n) is 5.64. The molecule has 1 aliphatic rings. The van der Waals surface area contributed by atoms with E-state index in [1.165, 1.54) is 24.0 Å². The highest BCUT2D eigenvalue weighted by atomic mass is 16.1. The summed E-state index contributed by atoms with van der Waals surface area (Å²) in [7, 11) is 0. The predicted octanol–water partition coefficient (Wildman–Crippen LogP) is 3.82. The maximum atomic E-state index is 12.8. The van der Waals surface area contributed by atoms with Gasteiger partial charge in [0.25, 0.3) is 0 Å². The van der Waals surface area contributed by atoms with E-state index in [-0.39, 0.29) is 11.9 Å². The molecule has 2 aromatic rings. The first-order valence-electron chi connectivity index (χ1n) is 10.1. The molecule has 1 saturated heterocycles. The van der Waals surface area contributed by atoms with E-state index in [9.17, 15) is 4.79 Å². The van der Waals surface area contributed by atoms with E-state index in [1.54, 1.807) is 6.20 Å². The second kappa shape index (κ2) is 9.65. The molecule has 2 N–H and O–H groups in total. The van der Waals surface area contributed by atoms with Crippen molar-refractivity contribution in [2.75, 3.05) is 13.1 Å². The normalized spacial score (nSPS) is 17.3. The average Bonchev–Trinajstić information content (AvgIpc) is 2.70. The van der Waals surface area contributed by atoms with Gasteiger partial charge in [-0.3, -0.25) is 9.78 Å². The summed E-state index contributed by atoms with van der Waals surface area (Å²) in [6, 6.07) is 14.3. The SMILES string of the molecule is Cc1ccc(CC(NC(=O)CC(C)C2CCNCC2)c2ccccn2)cc1. The van der Waals surface area contributed by atoms with Crippen molar-refractivity contribution in [3.8, 4) is 0 Å². The van der Waals surface area contributed by atoms with Crippen LogP contribution in [0.1, 0.15) is 49.0 Å². The molecule has 2 unspecified atom stereocenters. The van der Waals surface area contributed by atoms with Gasteiger partial charge in [0.15, 0.2) is 0 Å². The number of hydrogen-bond donors (Lipinski definition) is 2. The van der Waals surface area contributed by atoms with Crippen LogP contribution in [-0.4, -0.2) is 24.0 Å². The van der Waals surface area contributed by atoms with Crippen molar-refractivity contribution in [3.05, 3.63) is 65.5 Å². The van der Waals surface area contributed by atoms with Crippen molar-refractivity contribution in [2.45, 2.75) is 45.6 Å². The van der Waals surface area contributed by atoms with Gasteiger partial charge >= 0.3 is 0 Å². The number of carbonyl (C=O) groups excluding carboxylic acids is 1. The molecule has 0 aliphatic carbocycles. The zero-order chi connectivity index (χ0) is 19.1. The number of nitrogens with one attached hydrogen (secondary N) is 2. The monoisotopic (exact) mass is 365 g/mol. The van der Waals surface area contributed by atoms with Gasteiger partial charge in [0, 0.05) is 12.6 Å². The molecule has 0 spiro atoms. The smallest absolute Gasteiger partial charge is 0.220 e. The first kappa shape index (κ1) is 19.6. The van der Waals surface area contributed by atoms with Gasteiger partial charge in [-0.05, 0) is 68.8 Å². The van der Waals surface area contributed by atoms with Crippen LogP contribution in [0, 0.1) is 18.8 Å². The van der Waals surface area contributed by atoms with Crippen molar-refractivity contribution >= 4 is 5.91 Å². The molecule has 1 aliphatic heterocycles. The van der Waals surface area contributed by atoms with Crippen LogP contribution >= 0.6 is 0 Å². The van der Waals surface area contributed by atoms with Crippen molar-refractivity contribution in [2.24, 2.45) is 11.8 Å². The number of amides is 1. The Morgan fingerprint density at radius 3 is 2.59 bits per heavy atom. The Balaban J connectivity index is 1.65. The van der Waals surface area contributed by atoms with Gasteiger partial charge < -0.3 is 10.6 Å². The molecule has 27 heavy (non-hydrogen) atoms. The highest BCUT2D eigenvalue weighted by Gasteiger charge is 2.24. The lowest BCUT2D eigenvalue weighted by atomic mass is 9.84. The third kappa shape index (κ3) is 5.90. The number of hydrogen-bond acceptors (Lipinski definition) is 3. The van der Waals surface area contributed by atoms with Crippen LogP contribution in [0.5, 0.6) is 0 Å². The molecule has 4 nitrogen and oxygen atoms in total. The van der Waals surface area contributed by atoms with Gasteiger partial charge in [-0.25, -0.2) is 0 Å². The molecule has 1 amide bonds. The molecule has 0 bridgehead atoms. The van der Waals surface area contributed by atoms with Gasteiger partial charge in [0.2, 0.25) is 5.91 Å². The molecule has 1 aromatic heterocycles. The molecule has 3 rings (SSSR count). The van der Waals surface area contributed by atoms with E-state index in [1.807, 2.05) is 18.2 Å². The fourth-order valence-corrected chi connectivity index (χ4v) is 3.90. The Bertz CT molecular complexity index is 708. The second-order valence-electron chi connectivity index (χ2n) is 7.83. The number of aryl methyl sites for hydroxylation is 1. The molecule has 144 valence electrons. The zero-order valence-electron chi connectivity index (χ0n) is 16.4. The molecule has 0 radical (unpaired) electrons. The van der Waals surface area contributed by atoms with Crippen LogP contribution in [0.4, 0.5) is 0 Å². The van der Waals surface area contributed by atoms with E-state index in [0.29, 0.717) is 18.3 Å². The first-order chi connectivity index (χ1) is 13.1. The van der Waals surface area contributed by atoms with E-state index >= 15 is 0 Å². The highest BCUT2D eigenvalue weighted by Crippen LogP contribution is 2.25. The third-order valence-corrected chi connectivity index (χ3v) is 5.64. The lowest BCUT2D eigenvalue weighted by Crippen LogP contribution is -2.35. The number of aromatic nitrogens is 1. The number of nitrogens with zero attached hydrogens (tertiary/aromatic N) is 1. The van der Waals surface area contributed by atoms with Gasteiger partial charge in [-0.2, -0.15) is 0 Å². The Kier molecular flexibility index (Phi) is 6.99. The van der Waals surface area contributed by atoms with Gasteiger partial charge in [-0.15, -0.1) is 0 Å². The highest BCUT2D eigenvalue weighted by molar-refractivity contribution is 5.76. The number of pyridine rings is 1. The fourth-order valence-electron chi connectivity index (χ4n) is 3.90. The van der Waals surface area contributed by atoms with Gasteiger partial charge in [-0.1, -0.05) is 42.8 Å². The summed E-state index contributed by atoms with van der Waals surface area (Å²) in [5.41, 5.74) is 3.37. The number of piperidine rings is 1. The van der Waals surface area contributed by atoms with E-state index in [0.717, 1.165) is 25.2 Å². The Labute approximate surface area is 162 Å². The van der Waals surface area contributed by atoms with Crippen LogP contribution in [0.3, 0.4) is 0 Å². The van der Waals surface area contributed by atoms with Gasteiger partial charge in [0.05, 0.1) is 11.7 Å². The summed E-state index contributed by atoms with van der Waals surface area (Å²) in [6.07, 6.45) is 5.47. The minimum Gasteiger partial charge on any atom is -0.347 e. The van der Waals surface area contributed by atoms with Gasteiger partial charge in [0.1, 0.15) is 0 Å². The molecule has 2 atom stereocenters. The number of rotatable bonds is 7. The van der Waals surface area contributed by atoms with Crippen molar-refractivity contribution in [3.63, 3.8) is 0 Å². The maximum absolute atomic E-state index is 12.8. The largest absolute Gasteiger partial charge is 0.347 e. The lowest BCUT2D eigenvalue weighted by Gasteiger charge is -2.28. The van der Waals surface area contributed by atoms with Crippen molar-refractivity contribution in [1.29, 1.82) is 0 Å². The zero-order valence-corrected chi connectivity index (χ0v) is 16.4. The predicted molar refractivity (Wildman–Crippen MR) is 109 cm³/mol. The number of carbonyl (C=O) groups is 1. The molecule has 0 saturated carbocycles. The Hall–Kier alpha value is -2.20. The van der Waals surface area contributed by atoms with Crippen LogP contribution in [0.15, 0.2) is 48.7 Å². The average molecular weight is 366 g/mol. The molecule has 1 aromatic carbocycles. The Morgan fingerprint density at radius 2 is 1.93 bits per heavy atom.